The minimum absolute atomic E-state index is 0. The topological polar surface area (TPSA) is 17.1 Å². The van der Waals surface area contributed by atoms with Gasteiger partial charge < -0.3 is 13.5 Å². The van der Waals surface area contributed by atoms with Crippen molar-refractivity contribution in [2.45, 2.75) is 55.3 Å². The molecule has 0 heterocycles. The third-order valence-electron chi connectivity index (χ3n) is 2.16. The van der Waals surface area contributed by atoms with Crippen LogP contribution < -0.4 is 0 Å². The predicted molar refractivity (Wildman–Crippen MR) is 64.6 cm³/mol. The van der Waals surface area contributed by atoms with Gasteiger partial charge >= 0.3 is 83.7 Å². The van der Waals surface area contributed by atoms with Gasteiger partial charge in [-0.05, 0) is 0 Å². The number of carbonyl (C=O) groups is 1. The smallest absolute Gasteiger partial charge is 0.813 e. The molecule has 0 aromatic rings. The molecular weight excluding hydrogens is 287 g/mol. The van der Waals surface area contributed by atoms with Crippen LogP contribution in [0.25, 0.3) is 0 Å². The van der Waals surface area contributed by atoms with E-state index in [4.69, 9.17) is 0 Å². The van der Waals surface area contributed by atoms with E-state index in [1.165, 1.54) is 34.6 Å². The van der Waals surface area contributed by atoms with Crippen LogP contribution in [0.5, 0.6) is 0 Å². The van der Waals surface area contributed by atoms with Crippen LogP contribution in [-0.4, -0.2) is 23.6 Å². The predicted octanol–water partition coefficient (Wildman–Crippen LogP) is 2.94. The summed E-state index contributed by atoms with van der Waals surface area (Å²) in [7, 11) is 0. The van der Waals surface area contributed by atoms with Gasteiger partial charge in [0.2, 0.25) is 0 Å². The number of thiol groups is 1. The summed E-state index contributed by atoms with van der Waals surface area (Å²) in [5.74, 6) is 0. The van der Waals surface area contributed by atoms with Crippen molar-refractivity contribution in [3.8, 4) is 0 Å². The van der Waals surface area contributed by atoms with Gasteiger partial charge in [0.1, 0.15) is 0 Å². The van der Waals surface area contributed by atoms with Gasteiger partial charge in [-0.15, -0.1) is 0 Å². The minimum atomic E-state index is -1.54. The zero-order valence-corrected chi connectivity index (χ0v) is 12.8. The van der Waals surface area contributed by atoms with Gasteiger partial charge in [-0.2, -0.15) is 0 Å². The maximum absolute atomic E-state index is 11.2. The Balaban J connectivity index is 0. The van der Waals surface area contributed by atoms with Crippen LogP contribution in [0.2, 0.25) is 8.87 Å². The molecule has 1 nitrogen and oxygen atoms in total. The van der Waals surface area contributed by atoms with Crippen LogP contribution in [0.3, 0.4) is 0 Å². The van der Waals surface area contributed by atoms with E-state index >= 15 is 0 Å². The monoisotopic (exact) mass is 310 g/mol. The largest absolute Gasteiger partial charge is 0.813 e. The summed E-state index contributed by atoms with van der Waals surface area (Å²) in [5, 5.41) is 0. The molecule has 3 heteroatoms. The van der Waals surface area contributed by atoms with Crippen LogP contribution in [0.4, 0.5) is 0 Å². The average molecular weight is 309 g/mol. The first kappa shape index (κ1) is 16.3. The van der Waals surface area contributed by atoms with E-state index in [1.54, 1.807) is 0 Å². The molecule has 13 heavy (non-hydrogen) atoms. The van der Waals surface area contributed by atoms with Gasteiger partial charge in [0.15, 0.2) is 0 Å². The quantitative estimate of drug-likeness (QED) is 0.409. The van der Waals surface area contributed by atoms with E-state index in [-0.39, 0.29) is 13.5 Å². The Morgan fingerprint density at radius 3 is 1.69 bits per heavy atom. The molecule has 0 saturated carbocycles. The van der Waals surface area contributed by atoms with Gasteiger partial charge in [0, 0.05) is 0 Å². The van der Waals surface area contributed by atoms with Crippen LogP contribution in [0, 0.1) is 0 Å². The van der Waals surface area contributed by atoms with Crippen molar-refractivity contribution in [3.05, 3.63) is 0 Å². The van der Waals surface area contributed by atoms with Gasteiger partial charge in [-0.3, -0.25) is 0 Å². The summed E-state index contributed by atoms with van der Waals surface area (Å²) in [6.45, 7) is 6.24. The van der Waals surface area contributed by atoms with Gasteiger partial charge in [-0.1, -0.05) is 0 Å². The summed E-state index contributed by atoms with van der Waals surface area (Å²) in [5.41, 5.74) is 0. The maximum atomic E-state index is 11.2. The molecule has 0 atom stereocenters. The Bertz CT molecular complexity index is 120. The summed E-state index contributed by atoms with van der Waals surface area (Å²) in [4.78, 5) is 11.2. The normalized spacial score (nSPS) is 9.15. The molecule has 78 valence electrons. The standard InChI is InChI=1S/2C4H9.C2H3O.H2S.Sn/c2*1-3-4-2;1-2-3;;/h2*1,3-4H2,2H3;1H3;1H2;/q;;;;+1/p-1. The molecule has 0 aromatic heterocycles. The molecule has 0 amide bonds. The molecule has 0 fully saturated rings. The van der Waals surface area contributed by atoms with E-state index in [9.17, 15) is 4.79 Å². The van der Waals surface area contributed by atoms with E-state index in [0.29, 0.717) is 3.80 Å². The fourth-order valence-corrected chi connectivity index (χ4v) is 8.43. The SMILES string of the molecule is CCC[CH2][Sn+]([CH2]CCC)[C](C)=O.[SH-]. The fraction of sp³-hybridized carbons (Fsp3) is 0.900. The molecule has 0 unspecified atom stereocenters. The van der Waals surface area contributed by atoms with Gasteiger partial charge in [0.25, 0.3) is 0 Å². The second kappa shape index (κ2) is 10.9. The van der Waals surface area contributed by atoms with Crippen LogP contribution in [0.15, 0.2) is 0 Å². The molecule has 0 bridgehead atoms. The van der Waals surface area contributed by atoms with Gasteiger partial charge in [-0.25, -0.2) is 0 Å². The van der Waals surface area contributed by atoms with Crippen LogP contribution >= 0.6 is 0 Å². The molecule has 0 aliphatic rings. The van der Waals surface area contributed by atoms with Crippen LogP contribution in [-0.2, 0) is 18.3 Å². The molecule has 0 aliphatic carbocycles. The van der Waals surface area contributed by atoms with E-state index in [0.717, 1.165) is 0 Å². The van der Waals surface area contributed by atoms with E-state index in [2.05, 4.69) is 13.8 Å². The van der Waals surface area contributed by atoms with Crippen molar-refractivity contribution >= 4 is 37.1 Å². The summed E-state index contributed by atoms with van der Waals surface area (Å²) >= 11 is -1.54. The zero-order valence-electron chi connectivity index (χ0n) is 9.10. The zero-order chi connectivity index (χ0) is 9.40. The molecule has 0 aromatic carbocycles. The Morgan fingerprint density at radius 2 is 1.46 bits per heavy atom. The summed E-state index contributed by atoms with van der Waals surface area (Å²) in [6, 6.07) is 0. The third-order valence-corrected chi connectivity index (χ3v) is 10.5. The maximum Gasteiger partial charge on any atom is -0.813 e. The Hall–Kier alpha value is 0.819. The van der Waals surface area contributed by atoms with Crippen LogP contribution in [0.1, 0.15) is 46.5 Å². The molecule has 0 aliphatic heterocycles. The number of unbranched alkanes of at least 4 members (excludes halogenated alkanes) is 2. The van der Waals surface area contributed by atoms with E-state index < -0.39 is 19.8 Å². The molecule has 0 rings (SSSR count). The van der Waals surface area contributed by atoms with Gasteiger partial charge in [0.05, 0.1) is 0 Å². The Labute approximate surface area is 96.9 Å². The summed E-state index contributed by atoms with van der Waals surface area (Å²) < 4.78 is 3.18. The van der Waals surface area contributed by atoms with E-state index in [1.807, 2.05) is 6.92 Å². The average Bonchev–Trinajstić information content (AvgIpc) is 2.04. The molecule has 0 radical (unpaired) electrons. The number of hydrogen-bond donors (Lipinski definition) is 0. The number of carbonyl (C=O) groups excluding carboxylic acids is 1. The fourth-order valence-electron chi connectivity index (χ4n) is 1.26. The molecular formula is C10H22OSSn. The molecule has 0 saturated heterocycles. The second-order valence-electron chi connectivity index (χ2n) is 3.37. The van der Waals surface area contributed by atoms with Crippen molar-refractivity contribution in [1.82, 2.24) is 0 Å². The number of rotatable bonds is 7. The first-order valence-corrected chi connectivity index (χ1v) is 10.5. The minimum Gasteiger partial charge on any atom is -0.813 e. The third kappa shape index (κ3) is 9.13. The summed E-state index contributed by atoms with van der Waals surface area (Å²) in [6.07, 6.45) is 5.09. The van der Waals surface area contributed by atoms with Crippen molar-refractivity contribution in [2.24, 2.45) is 0 Å². The Kier molecular flexibility index (Phi) is 13.6. The number of hydrogen-bond acceptors (Lipinski definition) is 2. The molecule has 0 spiro atoms. The first-order valence-electron chi connectivity index (χ1n) is 5.08. The van der Waals surface area contributed by atoms with Crippen molar-refractivity contribution < 1.29 is 4.79 Å². The Morgan fingerprint density at radius 1 is 1.08 bits per heavy atom. The van der Waals surface area contributed by atoms with Crippen molar-refractivity contribution in [2.75, 3.05) is 0 Å². The van der Waals surface area contributed by atoms with Crippen molar-refractivity contribution in [3.63, 3.8) is 0 Å². The van der Waals surface area contributed by atoms with Crippen molar-refractivity contribution in [1.29, 1.82) is 0 Å². The molecule has 0 N–H and O–H groups in total. The second-order valence-corrected chi connectivity index (χ2v) is 11.7. The first-order chi connectivity index (χ1) is 5.72.